The lowest BCUT2D eigenvalue weighted by Gasteiger charge is -2.39. The van der Waals surface area contributed by atoms with Crippen LogP contribution in [0.5, 0.6) is 0 Å². The fourth-order valence-electron chi connectivity index (χ4n) is 3.55. The average Bonchev–Trinajstić information content (AvgIpc) is 3.19. The molecule has 0 unspecified atom stereocenters. The molecule has 1 aromatic rings. The fourth-order valence-corrected chi connectivity index (χ4v) is 4.20. The molecule has 3 rings (SSSR count). The smallest absolute Gasteiger partial charge is 0.309 e. The Balaban J connectivity index is 1.32. The molecule has 2 N–H and O–H groups in total. The number of hydrogen-bond donors (Lipinski definition) is 2. The van der Waals surface area contributed by atoms with Crippen molar-refractivity contribution >= 4 is 23.2 Å². The van der Waals surface area contributed by atoms with Crippen molar-refractivity contribution in [3.63, 3.8) is 0 Å². The topological polar surface area (TPSA) is 70.7 Å². The van der Waals surface area contributed by atoms with Crippen molar-refractivity contribution in [3.05, 3.63) is 22.4 Å². The fraction of sp³-hybridized carbons (Fsp3) is 0.667. The summed E-state index contributed by atoms with van der Waals surface area (Å²) in [5.41, 5.74) is 0. The van der Waals surface area contributed by atoms with Crippen LogP contribution in [0.3, 0.4) is 0 Å². The summed E-state index contributed by atoms with van der Waals surface area (Å²) in [5.74, 6) is -0.610. The largest absolute Gasteiger partial charge is 0.381 e. The van der Waals surface area contributed by atoms with Gasteiger partial charge < -0.3 is 20.3 Å². The van der Waals surface area contributed by atoms with Crippen LogP contribution in [0.1, 0.15) is 30.6 Å². The number of amides is 2. The Bertz CT molecular complexity index is 550. The number of thiophene rings is 1. The minimum absolute atomic E-state index is 0.410. The second kappa shape index (κ2) is 9.31. The van der Waals surface area contributed by atoms with E-state index in [0.29, 0.717) is 25.0 Å². The Hall–Kier alpha value is -1.44. The van der Waals surface area contributed by atoms with Crippen molar-refractivity contribution in [2.24, 2.45) is 5.92 Å². The van der Waals surface area contributed by atoms with Crippen molar-refractivity contribution in [2.75, 3.05) is 32.8 Å². The van der Waals surface area contributed by atoms with Gasteiger partial charge >= 0.3 is 11.8 Å². The third-order valence-electron chi connectivity index (χ3n) is 5.12. The third-order valence-corrected chi connectivity index (χ3v) is 5.99. The number of piperidine rings is 1. The average molecular weight is 365 g/mol. The molecule has 138 valence electrons. The van der Waals surface area contributed by atoms with Gasteiger partial charge in [-0.15, -0.1) is 11.3 Å². The highest BCUT2D eigenvalue weighted by molar-refractivity contribution is 7.09. The maximum atomic E-state index is 11.9. The van der Waals surface area contributed by atoms with Gasteiger partial charge in [-0.25, -0.2) is 0 Å². The number of ether oxygens (including phenoxy) is 1. The summed E-state index contributed by atoms with van der Waals surface area (Å²) >= 11 is 1.57. The first-order chi connectivity index (χ1) is 12.2. The monoisotopic (exact) mass is 365 g/mol. The summed E-state index contributed by atoms with van der Waals surface area (Å²) in [4.78, 5) is 27.4. The minimum Gasteiger partial charge on any atom is -0.381 e. The third kappa shape index (κ3) is 5.52. The molecule has 0 spiro atoms. The highest BCUT2D eigenvalue weighted by Crippen LogP contribution is 2.22. The first-order valence-electron chi connectivity index (χ1n) is 9.12. The summed E-state index contributed by atoms with van der Waals surface area (Å²) in [6.07, 6.45) is 4.42. The molecule has 2 fully saturated rings. The van der Waals surface area contributed by atoms with Gasteiger partial charge in [-0.2, -0.15) is 0 Å². The van der Waals surface area contributed by atoms with Crippen LogP contribution in [0, 0.1) is 5.92 Å². The molecule has 2 amide bonds. The maximum absolute atomic E-state index is 11.9. The van der Waals surface area contributed by atoms with E-state index in [0.717, 1.165) is 56.9 Å². The van der Waals surface area contributed by atoms with Crippen LogP contribution < -0.4 is 10.6 Å². The summed E-state index contributed by atoms with van der Waals surface area (Å²) in [6.45, 7) is 4.91. The standard InChI is InChI=1S/C18H27N3O3S/c22-17(18(23)20-13-16-2-1-11-25-16)19-12-14-3-7-21(8-4-14)15-5-9-24-10-6-15/h1-2,11,14-15H,3-10,12-13H2,(H,19,22)(H,20,23). The normalized spacial score (nSPS) is 20.3. The van der Waals surface area contributed by atoms with Gasteiger partial charge in [0, 0.05) is 30.7 Å². The Labute approximate surface area is 152 Å². The van der Waals surface area contributed by atoms with Crippen molar-refractivity contribution in [3.8, 4) is 0 Å². The number of rotatable bonds is 5. The number of nitrogens with zero attached hydrogens (tertiary/aromatic N) is 1. The zero-order chi connectivity index (χ0) is 17.5. The summed E-state index contributed by atoms with van der Waals surface area (Å²) < 4.78 is 5.43. The van der Waals surface area contributed by atoms with Crippen LogP contribution in [-0.2, 0) is 20.9 Å². The van der Waals surface area contributed by atoms with E-state index in [2.05, 4.69) is 15.5 Å². The van der Waals surface area contributed by atoms with E-state index < -0.39 is 11.8 Å². The first kappa shape index (κ1) is 18.4. The molecule has 0 atom stereocenters. The van der Waals surface area contributed by atoms with E-state index in [1.807, 2.05) is 17.5 Å². The second-order valence-corrected chi connectivity index (χ2v) is 7.83. The predicted molar refractivity (Wildman–Crippen MR) is 97.3 cm³/mol. The van der Waals surface area contributed by atoms with Crippen molar-refractivity contribution < 1.29 is 14.3 Å². The molecular formula is C18H27N3O3S. The Morgan fingerprint density at radius 3 is 2.52 bits per heavy atom. The Morgan fingerprint density at radius 2 is 1.84 bits per heavy atom. The lowest BCUT2D eigenvalue weighted by atomic mass is 9.94. The van der Waals surface area contributed by atoms with Gasteiger partial charge in [0.15, 0.2) is 0 Å². The first-order valence-corrected chi connectivity index (χ1v) is 10.0. The zero-order valence-corrected chi connectivity index (χ0v) is 15.4. The summed E-state index contributed by atoms with van der Waals surface area (Å²) in [6, 6.07) is 4.53. The minimum atomic E-state index is -0.548. The number of carbonyl (C=O) groups excluding carboxylic acids is 2. The number of nitrogens with one attached hydrogen (secondary N) is 2. The molecule has 2 aliphatic heterocycles. The van der Waals surface area contributed by atoms with Crippen LogP contribution >= 0.6 is 11.3 Å². The highest BCUT2D eigenvalue weighted by atomic mass is 32.1. The van der Waals surface area contributed by atoms with Crippen LogP contribution in [0.25, 0.3) is 0 Å². The van der Waals surface area contributed by atoms with E-state index in [1.54, 1.807) is 11.3 Å². The van der Waals surface area contributed by atoms with Gasteiger partial charge in [0.25, 0.3) is 0 Å². The van der Waals surface area contributed by atoms with E-state index in [1.165, 1.54) is 0 Å². The van der Waals surface area contributed by atoms with E-state index >= 15 is 0 Å². The molecular weight excluding hydrogens is 338 g/mol. The van der Waals surface area contributed by atoms with Crippen LogP contribution in [0.4, 0.5) is 0 Å². The van der Waals surface area contributed by atoms with Crippen molar-refractivity contribution in [1.29, 1.82) is 0 Å². The lowest BCUT2D eigenvalue weighted by Crippen LogP contribution is -2.47. The van der Waals surface area contributed by atoms with Gasteiger partial charge in [0.1, 0.15) is 0 Å². The molecule has 25 heavy (non-hydrogen) atoms. The molecule has 1 aromatic heterocycles. The second-order valence-electron chi connectivity index (χ2n) is 6.79. The number of carbonyl (C=O) groups is 2. The molecule has 0 aliphatic carbocycles. The quantitative estimate of drug-likeness (QED) is 0.773. The maximum Gasteiger partial charge on any atom is 0.309 e. The summed E-state index contributed by atoms with van der Waals surface area (Å²) in [7, 11) is 0. The highest BCUT2D eigenvalue weighted by Gasteiger charge is 2.27. The van der Waals surface area contributed by atoms with E-state index in [-0.39, 0.29) is 0 Å². The molecule has 0 saturated carbocycles. The number of likely N-dealkylation sites (tertiary alicyclic amines) is 1. The van der Waals surface area contributed by atoms with Crippen LogP contribution in [0.2, 0.25) is 0 Å². The molecule has 7 heteroatoms. The van der Waals surface area contributed by atoms with Gasteiger partial charge in [-0.05, 0) is 56.1 Å². The Kier molecular flexibility index (Phi) is 6.84. The van der Waals surface area contributed by atoms with Gasteiger partial charge in [0.05, 0.1) is 6.54 Å². The van der Waals surface area contributed by atoms with Crippen LogP contribution in [-0.4, -0.2) is 55.6 Å². The lowest BCUT2D eigenvalue weighted by molar-refractivity contribution is -0.139. The number of hydrogen-bond acceptors (Lipinski definition) is 5. The molecule has 2 aliphatic rings. The van der Waals surface area contributed by atoms with Gasteiger partial charge in [-0.3, -0.25) is 9.59 Å². The van der Waals surface area contributed by atoms with Crippen molar-refractivity contribution in [1.82, 2.24) is 15.5 Å². The molecule has 0 aromatic carbocycles. The van der Waals surface area contributed by atoms with Gasteiger partial charge in [-0.1, -0.05) is 6.07 Å². The van der Waals surface area contributed by atoms with E-state index in [4.69, 9.17) is 4.74 Å². The molecule has 3 heterocycles. The molecule has 2 saturated heterocycles. The molecule has 0 radical (unpaired) electrons. The predicted octanol–water partition coefficient (Wildman–Crippen LogP) is 1.37. The van der Waals surface area contributed by atoms with Crippen LogP contribution in [0.15, 0.2) is 17.5 Å². The SMILES string of the molecule is O=C(NCc1cccs1)C(=O)NCC1CCN(C2CCOCC2)CC1. The molecule has 6 nitrogen and oxygen atoms in total. The van der Waals surface area contributed by atoms with Crippen molar-refractivity contribution in [2.45, 2.75) is 38.3 Å². The van der Waals surface area contributed by atoms with E-state index in [9.17, 15) is 9.59 Å². The molecule has 0 bridgehead atoms. The Morgan fingerprint density at radius 1 is 1.12 bits per heavy atom. The zero-order valence-electron chi connectivity index (χ0n) is 14.5. The summed E-state index contributed by atoms with van der Waals surface area (Å²) in [5, 5.41) is 7.41. The van der Waals surface area contributed by atoms with Gasteiger partial charge in [0.2, 0.25) is 0 Å².